The van der Waals surface area contributed by atoms with Gasteiger partial charge in [-0.1, -0.05) is 44.9 Å². The van der Waals surface area contributed by atoms with E-state index in [0.717, 1.165) is 74.5 Å². The van der Waals surface area contributed by atoms with Gasteiger partial charge in [0, 0.05) is 49.2 Å². The molecule has 2 atom stereocenters. The lowest BCUT2D eigenvalue weighted by atomic mass is 9.79. The number of aryl methyl sites for hydroxylation is 2. The van der Waals surface area contributed by atoms with E-state index in [-0.39, 0.29) is 23.5 Å². The molecule has 3 aromatic rings. The number of nitrogens with two attached hydrogens (primary N) is 1. The zero-order valence-corrected chi connectivity index (χ0v) is 25.4. The molecule has 42 heavy (non-hydrogen) atoms. The second-order valence-electron chi connectivity index (χ2n) is 13.6. The van der Waals surface area contributed by atoms with Crippen molar-refractivity contribution in [1.82, 2.24) is 29.3 Å². The average Bonchev–Trinajstić information content (AvgIpc) is 3.74. The van der Waals surface area contributed by atoms with Gasteiger partial charge in [0.15, 0.2) is 11.3 Å². The second-order valence-corrected chi connectivity index (χ2v) is 13.6. The molecule has 0 radical (unpaired) electrons. The number of likely N-dealkylation sites (tertiary alicyclic amines) is 1. The lowest BCUT2D eigenvalue weighted by Gasteiger charge is -2.40. The number of carbonyl (C=O) groups excluding carboxylic acids is 1. The molecule has 226 valence electrons. The van der Waals surface area contributed by atoms with E-state index < -0.39 is 0 Å². The van der Waals surface area contributed by atoms with Crippen molar-refractivity contribution < 1.29 is 4.79 Å². The maximum absolute atomic E-state index is 14.2. The van der Waals surface area contributed by atoms with E-state index in [2.05, 4.69) is 34.8 Å². The molecule has 2 saturated heterocycles. The van der Waals surface area contributed by atoms with Crippen LogP contribution < -0.4 is 10.6 Å². The number of hydrogen-bond donors (Lipinski definition) is 1. The van der Waals surface area contributed by atoms with E-state index in [4.69, 9.17) is 20.9 Å². The normalized spacial score (nSPS) is 25.2. The van der Waals surface area contributed by atoms with Crippen LogP contribution in [0.2, 0.25) is 0 Å². The summed E-state index contributed by atoms with van der Waals surface area (Å²) >= 11 is 0. The molecule has 2 N–H and O–H groups in total. The van der Waals surface area contributed by atoms with Gasteiger partial charge >= 0.3 is 0 Å². The SMILES string of the molecule is Cc1cn2nc([C@@H]3CCCCN3C(=O)c3cc4n(n3)C3(CCCCCCCCC3)CCC4)cc2nc1N1CC[C@H](N)C1. The molecule has 1 saturated carbocycles. The highest BCUT2D eigenvalue weighted by Gasteiger charge is 2.39. The summed E-state index contributed by atoms with van der Waals surface area (Å²) in [7, 11) is 0. The smallest absolute Gasteiger partial charge is 0.274 e. The van der Waals surface area contributed by atoms with Crippen molar-refractivity contribution in [3.05, 3.63) is 41.0 Å². The minimum absolute atomic E-state index is 0.0572. The monoisotopic (exact) mass is 572 g/mol. The predicted octanol–water partition coefficient (Wildman–Crippen LogP) is 5.70. The summed E-state index contributed by atoms with van der Waals surface area (Å²) in [5.41, 5.74) is 11.0. The fourth-order valence-electron chi connectivity index (χ4n) is 8.31. The van der Waals surface area contributed by atoms with Crippen molar-refractivity contribution in [2.75, 3.05) is 24.5 Å². The molecular formula is C33H48N8O. The molecule has 0 unspecified atom stereocenters. The Labute approximate surface area is 249 Å². The molecule has 1 amide bonds. The maximum atomic E-state index is 14.2. The Morgan fingerprint density at radius 2 is 1.67 bits per heavy atom. The molecular weight excluding hydrogens is 524 g/mol. The van der Waals surface area contributed by atoms with E-state index in [1.165, 1.54) is 76.3 Å². The third-order valence-corrected chi connectivity index (χ3v) is 10.6. The average molecular weight is 573 g/mol. The number of aromatic nitrogens is 5. The fourth-order valence-corrected chi connectivity index (χ4v) is 8.31. The Bertz CT molecular complexity index is 1410. The molecule has 3 fully saturated rings. The van der Waals surface area contributed by atoms with Gasteiger partial charge < -0.3 is 15.5 Å². The minimum Gasteiger partial charge on any atom is -0.355 e. The molecule has 9 heteroatoms. The first-order chi connectivity index (χ1) is 20.5. The highest BCUT2D eigenvalue weighted by atomic mass is 16.2. The third kappa shape index (κ3) is 5.22. The van der Waals surface area contributed by atoms with Crippen molar-refractivity contribution >= 4 is 17.4 Å². The van der Waals surface area contributed by atoms with Crippen molar-refractivity contribution in [3.8, 4) is 0 Å². The first-order valence-corrected chi connectivity index (χ1v) is 16.8. The Morgan fingerprint density at radius 3 is 2.43 bits per heavy atom. The first-order valence-electron chi connectivity index (χ1n) is 16.8. The lowest BCUT2D eigenvalue weighted by Crippen LogP contribution is -2.40. The Balaban J connectivity index is 1.16. The lowest BCUT2D eigenvalue weighted by molar-refractivity contribution is 0.0595. The molecule has 6 heterocycles. The van der Waals surface area contributed by atoms with Gasteiger partial charge in [0.25, 0.3) is 5.91 Å². The molecule has 3 aliphatic heterocycles. The molecule has 4 aliphatic rings. The Morgan fingerprint density at radius 1 is 0.905 bits per heavy atom. The molecule has 1 spiro atoms. The quantitative estimate of drug-likeness (QED) is 0.433. The largest absolute Gasteiger partial charge is 0.355 e. The van der Waals surface area contributed by atoms with Crippen LogP contribution in [-0.4, -0.2) is 60.9 Å². The van der Waals surface area contributed by atoms with Gasteiger partial charge in [0.2, 0.25) is 0 Å². The van der Waals surface area contributed by atoms with Crippen LogP contribution >= 0.6 is 0 Å². The number of fused-ring (bicyclic) bond motifs is 3. The second kappa shape index (κ2) is 11.6. The van der Waals surface area contributed by atoms with E-state index in [1.807, 2.05) is 9.42 Å². The van der Waals surface area contributed by atoms with Crippen LogP contribution in [0, 0.1) is 6.92 Å². The zero-order chi connectivity index (χ0) is 28.7. The summed E-state index contributed by atoms with van der Waals surface area (Å²) < 4.78 is 4.22. The minimum atomic E-state index is -0.0572. The third-order valence-electron chi connectivity index (χ3n) is 10.6. The summed E-state index contributed by atoms with van der Waals surface area (Å²) in [4.78, 5) is 23.5. The first kappa shape index (κ1) is 27.9. The van der Waals surface area contributed by atoms with Crippen LogP contribution in [0.4, 0.5) is 5.82 Å². The summed E-state index contributed by atoms with van der Waals surface area (Å²) in [5, 5.41) is 10.1. The number of rotatable bonds is 3. The fraction of sp³-hybridized carbons (Fsp3) is 0.697. The highest BCUT2D eigenvalue weighted by molar-refractivity contribution is 5.92. The van der Waals surface area contributed by atoms with Crippen molar-refractivity contribution in [1.29, 1.82) is 0 Å². The van der Waals surface area contributed by atoms with Crippen LogP contribution in [0.25, 0.3) is 5.65 Å². The standard InChI is InChI=1S/C33H48N8O/c1-24-22-40-30(35-31(24)38-19-14-25(34)23-38)21-27(36-40)29-13-7-10-18-39(29)32(42)28-20-26-12-11-17-33(41(26)37-28)15-8-5-3-2-4-6-9-16-33/h20-22,25,29H,2-19,23,34H2,1H3/t25-,29-/m0/s1. The van der Waals surface area contributed by atoms with Gasteiger partial charge in [-0.15, -0.1) is 0 Å². The number of anilines is 1. The summed E-state index contributed by atoms with van der Waals surface area (Å²) in [6.07, 6.45) is 21.2. The van der Waals surface area contributed by atoms with Gasteiger partial charge in [-0.25, -0.2) is 9.50 Å². The predicted molar refractivity (Wildman–Crippen MR) is 165 cm³/mol. The van der Waals surface area contributed by atoms with Gasteiger partial charge in [-0.3, -0.25) is 9.48 Å². The maximum Gasteiger partial charge on any atom is 0.274 e. The van der Waals surface area contributed by atoms with Gasteiger partial charge in [-0.05, 0) is 70.8 Å². The number of amides is 1. The van der Waals surface area contributed by atoms with E-state index in [1.54, 1.807) is 0 Å². The van der Waals surface area contributed by atoms with Gasteiger partial charge in [-0.2, -0.15) is 10.2 Å². The molecule has 0 bridgehead atoms. The van der Waals surface area contributed by atoms with Crippen LogP contribution in [0.5, 0.6) is 0 Å². The summed E-state index contributed by atoms with van der Waals surface area (Å²) in [5.74, 6) is 1.06. The Kier molecular flexibility index (Phi) is 7.71. The van der Waals surface area contributed by atoms with Crippen LogP contribution in [0.3, 0.4) is 0 Å². The molecule has 7 rings (SSSR count). The summed E-state index contributed by atoms with van der Waals surface area (Å²) in [6.45, 7) is 4.61. The molecule has 0 aromatic carbocycles. The summed E-state index contributed by atoms with van der Waals surface area (Å²) in [6, 6.07) is 4.35. The van der Waals surface area contributed by atoms with Crippen LogP contribution in [-0.2, 0) is 12.0 Å². The topological polar surface area (TPSA) is 97.6 Å². The van der Waals surface area contributed by atoms with E-state index in [0.29, 0.717) is 5.69 Å². The Hall–Kier alpha value is -2.94. The van der Waals surface area contributed by atoms with E-state index >= 15 is 0 Å². The van der Waals surface area contributed by atoms with Crippen LogP contribution in [0.1, 0.15) is 130 Å². The molecule has 1 aliphatic carbocycles. The van der Waals surface area contributed by atoms with Crippen molar-refractivity contribution in [2.24, 2.45) is 5.73 Å². The van der Waals surface area contributed by atoms with E-state index in [9.17, 15) is 4.79 Å². The van der Waals surface area contributed by atoms with Gasteiger partial charge in [0.1, 0.15) is 5.82 Å². The van der Waals surface area contributed by atoms with Crippen LogP contribution in [0.15, 0.2) is 18.3 Å². The zero-order valence-electron chi connectivity index (χ0n) is 25.4. The number of carbonyl (C=O) groups is 1. The number of hydrogen-bond acceptors (Lipinski definition) is 6. The van der Waals surface area contributed by atoms with Gasteiger partial charge in [0.05, 0.1) is 17.3 Å². The molecule has 3 aromatic heterocycles. The van der Waals surface area contributed by atoms with Crippen molar-refractivity contribution in [3.63, 3.8) is 0 Å². The molecule has 9 nitrogen and oxygen atoms in total. The van der Waals surface area contributed by atoms with Crippen molar-refractivity contribution in [2.45, 2.75) is 127 Å². The highest BCUT2D eigenvalue weighted by Crippen LogP contribution is 2.41. The number of nitrogens with zero attached hydrogens (tertiary/aromatic N) is 7. The number of piperidine rings is 1.